The Hall–Kier alpha value is -1.06. The Balaban J connectivity index is 2.03. The summed E-state index contributed by atoms with van der Waals surface area (Å²) in [5, 5.41) is 0. The van der Waals surface area contributed by atoms with E-state index in [1.54, 1.807) is 0 Å². The highest BCUT2D eigenvalue weighted by Gasteiger charge is 2.42. The third-order valence-corrected chi connectivity index (χ3v) is 5.02. The van der Waals surface area contributed by atoms with Crippen LogP contribution in [0.4, 0.5) is 0 Å². The number of likely N-dealkylation sites (tertiary alicyclic amines) is 1. The van der Waals surface area contributed by atoms with Crippen LogP contribution in [0.15, 0.2) is 18.2 Å². The standard InChI is InChI=1S/C17H26N2O/c1-14-7-6-8-15-16(14)20-12-9-17(15,13-18)19-10-4-2-3-5-11-19/h6-8H,2-5,9-13,18H2,1H3. The maximum atomic E-state index is 6.29. The highest BCUT2D eigenvalue weighted by molar-refractivity contribution is 5.46. The van der Waals surface area contributed by atoms with Crippen LogP contribution in [0.1, 0.15) is 43.2 Å². The molecule has 110 valence electrons. The van der Waals surface area contributed by atoms with Gasteiger partial charge in [0.1, 0.15) is 5.75 Å². The van der Waals surface area contributed by atoms with Gasteiger partial charge in [-0.05, 0) is 38.4 Å². The molecule has 1 saturated heterocycles. The Bertz CT molecular complexity index is 466. The fourth-order valence-corrected chi connectivity index (χ4v) is 3.84. The second-order valence-corrected chi connectivity index (χ2v) is 6.19. The van der Waals surface area contributed by atoms with Gasteiger partial charge in [0.25, 0.3) is 0 Å². The van der Waals surface area contributed by atoms with Gasteiger partial charge in [0, 0.05) is 18.5 Å². The molecule has 0 aliphatic carbocycles. The molecule has 3 nitrogen and oxygen atoms in total. The second kappa shape index (κ2) is 5.74. The molecule has 0 aromatic heterocycles. The summed E-state index contributed by atoms with van der Waals surface area (Å²) in [6.07, 6.45) is 6.32. The van der Waals surface area contributed by atoms with Crippen LogP contribution < -0.4 is 10.5 Å². The van der Waals surface area contributed by atoms with Gasteiger partial charge in [-0.15, -0.1) is 0 Å². The van der Waals surface area contributed by atoms with Gasteiger partial charge in [-0.2, -0.15) is 0 Å². The number of aryl methyl sites for hydroxylation is 1. The predicted molar refractivity (Wildman–Crippen MR) is 82.1 cm³/mol. The maximum absolute atomic E-state index is 6.29. The number of hydrogen-bond acceptors (Lipinski definition) is 3. The van der Waals surface area contributed by atoms with E-state index in [4.69, 9.17) is 10.5 Å². The van der Waals surface area contributed by atoms with Crippen LogP contribution in [0, 0.1) is 6.92 Å². The predicted octanol–water partition coefficient (Wildman–Crippen LogP) is 2.81. The first-order valence-corrected chi connectivity index (χ1v) is 7.96. The van der Waals surface area contributed by atoms with Crippen molar-refractivity contribution in [3.05, 3.63) is 29.3 Å². The zero-order chi connectivity index (χ0) is 14.0. The van der Waals surface area contributed by atoms with Gasteiger partial charge >= 0.3 is 0 Å². The fraction of sp³-hybridized carbons (Fsp3) is 0.647. The molecule has 0 bridgehead atoms. The molecular formula is C17H26N2O. The maximum Gasteiger partial charge on any atom is 0.127 e. The lowest BCUT2D eigenvalue weighted by Gasteiger charge is -2.46. The first-order valence-electron chi connectivity index (χ1n) is 7.96. The minimum Gasteiger partial charge on any atom is -0.493 e. The minimum absolute atomic E-state index is 0.00998. The van der Waals surface area contributed by atoms with Gasteiger partial charge in [0.15, 0.2) is 0 Å². The van der Waals surface area contributed by atoms with Crippen molar-refractivity contribution in [3.63, 3.8) is 0 Å². The van der Waals surface area contributed by atoms with Crippen molar-refractivity contribution < 1.29 is 4.74 Å². The number of rotatable bonds is 2. The quantitative estimate of drug-likeness (QED) is 0.901. The SMILES string of the molecule is Cc1cccc2c1OCCC2(CN)N1CCCCCC1. The van der Waals surface area contributed by atoms with Crippen molar-refractivity contribution >= 4 is 0 Å². The highest BCUT2D eigenvalue weighted by Crippen LogP contribution is 2.43. The Morgan fingerprint density at radius 1 is 1.20 bits per heavy atom. The van der Waals surface area contributed by atoms with Crippen molar-refractivity contribution in [2.75, 3.05) is 26.2 Å². The van der Waals surface area contributed by atoms with Crippen molar-refractivity contribution in [3.8, 4) is 5.75 Å². The van der Waals surface area contributed by atoms with Crippen LogP contribution in [-0.4, -0.2) is 31.1 Å². The van der Waals surface area contributed by atoms with Gasteiger partial charge in [-0.3, -0.25) is 4.90 Å². The molecule has 2 aliphatic heterocycles. The van der Waals surface area contributed by atoms with E-state index in [2.05, 4.69) is 30.0 Å². The van der Waals surface area contributed by atoms with E-state index >= 15 is 0 Å². The number of nitrogens with zero attached hydrogens (tertiary/aromatic N) is 1. The lowest BCUT2D eigenvalue weighted by atomic mass is 9.81. The molecule has 1 unspecified atom stereocenters. The molecule has 0 spiro atoms. The van der Waals surface area contributed by atoms with Gasteiger partial charge in [-0.25, -0.2) is 0 Å². The first kappa shape index (κ1) is 13.9. The van der Waals surface area contributed by atoms with Crippen LogP contribution in [0.3, 0.4) is 0 Å². The van der Waals surface area contributed by atoms with Gasteiger partial charge in [0.05, 0.1) is 12.1 Å². The number of ether oxygens (including phenoxy) is 1. The normalized spacial score (nSPS) is 27.5. The van der Waals surface area contributed by atoms with E-state index in [0.717, 1.165) is 18.8 Å². The van der Waals surface area contributed by atoms with Crippen LogP contribution in [-0.2, 0) is 5.54 Å². The molecule has 0 amide bonds. The van der Waals surface area contributed by atoms with Crippen molar-refractivity contribution in [2.24, 2.45) is 5.73 Å². The minimum atomic E-state index is -0.00998. The van der Waals surface area contributed by atoms with E-state index < -0.39 is 0 Å². The molecular weight excluding hydrogens is 248 g/mol. The molecule has 2 heterocycles. The third-order valence-electron chi connectivity index (χ3n) is 5.02. The third kappa shape index (κ3) is 2.23. The van der Waals surface area contributed by atoms with E-state index in [1.807, 2.05) is 0 Å². The molecule has 2 N–H and O–H groups in total. The lowest BCUT2D eigenvalue weighted by Crippen LogP contribution is -2.54. The number of hydrogen-bond donors (Lipinski definition) is 1. The van der Waals surface area contributed by atoms with Crippen LogP contribution in [0.5, 0.6) is 5.75 Å². The molecule has 2 aliphatic rings. The van der Waals surface area contributed by atoms with E-state index in [-0.39, 0.29) is 5.54 Å². The summed E-state index contributed by atoms with van der Waals surface area (Å²) in [5.41, 5.74) is 8.82. The fourth-order valence-electron chi connectivity index (χ4n) is 3.84. The van der Waals surface area contributed by atoms with Crippen molar-refractivity contribution in [1.29, 1.82) is 0 Å². The monoisotopic (exact) mass is 274 g/mol. The smallest absolute Gasteiger partial charge is 0.127 e. The molecule has 3 heteroatoms. The number of benzene rings is 1. The molecule has 20 heavy (non-hydrogen) atoms. The van der Waals surface area contributed by atoms with Gasteiger partial charge < -0.3 is 10.5 Å². The average Bonchev–Trinajstić information content (AvgIpc) is 2.77. The summed E-state index contributed by atoms with van der Waals surface area (Å²) in [6, 6.07) is 6.50. The summed E-state index contributed by atoms with van der Waals surface area (Å²) < 4.78 is 5.95. The average molecular weight is 274 g/mol. The summed E-state index contributed by atoms with van der Waals surface area (Å²) >= 11 is 0. The first-order chi connectivity index (χ1) is 9.78. The molecule has 1 aromatic carbocycles. The Labute approximate surface area is 122 Å². The zero-order valence-corrected chi connectivity index (χ0v) is 12.5. The van der Waals surface area contributed by atoms with E-state index in [9.17, 15) is 0 Å². The lowest BCUT2D eigenvalue weighted by molar-refractivity contribution is 0.0509. The Morgan fingerprint density at radius 2 is 1.95 bits per heavy atom. The topological polar surface area (TPSA) is 38.5 Å². The number of para-hydroxylation sites is 1. The van der Waals surface area contributed by atoms with Crippen LogP contribution in [0.25, 0.3) is 0 Å². The molecule has 0 saturated carbocycles. The number of nitrogens with two attached hydrogens (primary N) is 1. The molecule has 3 rings (SSSR count). The number of fused-ring (bicyclic) bond motifs is 1. The molecule has 1 fully saturated rings. The van der Waals surface area contributed by atoms with E-state index in [0.29, 0.717) is 6.54 Å². The summed E-state index contributed by atoms with van der Waals surface area (Å²) in [6.45, 7) is 5.95. The molecule has 1 aromatic rings. The zero-order valence-electron chi connectivity index (χ0n) is 12.5. The Morgan fingerprint density at radius 3 is 2.65 bits per heavy atom. The second-order valence-electron chi connectivity index (χ2n) is 6.19. The molecule has 0 radical (unpaired) electrons. The van der Waals surface area contributed by atoms with Crippen LogP contribution in [0.2, 0.25) is 0 Å². The van der Waals surface area contributed by atoms with Gasteiger partial charge in [0.2, 0.25) is 0 Å². The largest absolute Gasteiger partial charge is 0.493 e. The van der Waals surface area contributed by atoms with Crippen molar-refractivity contribution in [1.82, 2.24) is 4.90 Å². The van der Waals surface area contributed by atoms with Crippen LogP contribution >= 0.6 is 0 Å². The summed E-state index contributed by atoms with van der Waals surface area (Å²) in [7, 11) is 0. The van der Waals surface area contributed by atoms with Gasteiger partial charge in [-0.1, -0.05) is 31.0 Å². The summed E-state index contributed by atoms with van der Waals surface area (Å²) in [4.78, 5) is 2.64. The molecule has 1 atom stereocenters. The summed E-state index contributed by atoms with van der Waals surface area (Å²) in [5.74, 6) is 1.08. The highest BCUT2D eigenvalue weighted by atomic mass is 16.5. The van der Waals surface area contributed by atoms with Crippen molar-refractivity contribution in [2.45, 2.75) is 44.6 Å². The van der Waals surface area contributed by atoms with E-state index in [1.165, 1.54) is 49.9 Å². The Kier molecular flexibility index (Phi) is 3.99.